The number of nitrogens with zero attached hydrogens (tertiary/aromatic N) is 5. The third kappa shape index (κ3) is 5.31. The molecule has 0 radical (unpaired) electrons. The molecule has 36 heavy (non-hydrogen) atoms. The van der Waals surface area contributed by atoms with E-state index in [9.17, 15) is 27.9 Å². The van der Waals surface area contributed by atoms with Crippen molar-refractivity contribution in [3.8, 4) is 5.75 Å². The highest BCUT2D eigenvalue weighted by Gasteiger charge is 2.34. The van der Waals surface area contributed by atoms with E-state index in [1.807, 2.05) is 11.9 Å². The first kappa shape index (κ1) is 27.0. The van der Waals surface area contributed by atoms with Gasteiger partial charge >= 0.3 is 12.2 Å². The van der Waals surface area contributed by atoms with Crippen LogP contribution in [0.1, 0.15) is 21.6 Å². The van der Waals surface area contributed by atoms with Gasteiger partial charge in [-0.15, -0.1) is 12.4 Å². The van der Waals surface area contributed by atoms with Gasteiger partial charge in [-0.05, 0) is 32.2 Å². The number of phenols is 1. The molecular weight excluding hydrogens is 503 g/mol. The van der Waals surface area contributed by atoms with Crippen LogP contribution < -0.4 is 15.5 Å². The molecule has 0 saturated carbocycles. The van der Waals surface area contributed by atoms with Crippen LogP contribution in [0.3, 0.4) is 0 Å². The molecule has 1 aliphatic heterocycles. The van der Waals surface area contributed by atoms with E-state index >= 15 is 0 Å². The summed E-state index contributed by atoms with van der Waals surface area (Å²) in [7, 11) is 3.75. The van der Waals surface area contributed by atoms with E-state index in [1.54, 1.807) is 18.7 Å². The number of imide groups is 1. The van der Waals surface area contributed by atoms with Gasteiger partial charge in [0.25, 0.3) is 5.91 Å². The number of phenolic OH excluding ortho intramolecular Hbond substituents is 1. The van der Waals surface area contributed by atoms with Crippen molar-refractivity contribution < 1.29 is 27.9 Å². The first-order chi connectivity index (χ1) is 16.5. The Morgan fingerprint density at radius 3 is 2.42 bits per heavy atom. The molecule has 0 aliphatic carbocycles. The van der Waals surface area contributed by atoms with Gasteiger partial charge in [0.1, 0.15) is 5.75 Å². The van der Waals surface area contributed by atoms with Crippen LogP contribution in [-0.4, -0.2) is 69.9 Å². The predicted molar refractivity (Wildman–Crippen MR) is 130 cm³/mol. The van der Waals surface area contributed by atoms with Crippen molar-refractivity contribution in [1.29, 1.82) is 0 Å². The number of alkyl halides is 3. The van der Waals surface area contributed by atoms with E-state index in [4.69, 9.17) is 0 Å². The topological polar surface area (TPSA) is 116 Å². The number of carbonyl (C=O) groups excluding carboxylic acids is 2. The third-order valence-electron chi connectivity index (χ3n) is 5.85. The second-order valence-electron chi connectivity index (χ2n) is 8.36. The van der Waals surface area contributed by atoms with E-state index in [0.29, 0.717) is 41.6 Å². The fraction of sp³-hybridized carbons (Fsp3) is 0.364. The quantitative estimate of drug-likeness (QED) is 0.448. The average Bonchev–Trinajstić information content (AvgIpc) is 3.07. The maximum absolute atomic E-state index is 13.1. The number of piperazine rings is 1. The summed E-state index contributed by atoms with van der Waals surface area (Å²) in [6.45, 7) is 4.63. The van der Waals surface area contributed by atoms with Crippen LogP contribution in [0, 0.1) is 6.92 Å². The number of anilines is 2. The Morgan fingerprint density at radius 1 is 1.11 bits per heavy atom. The number of nitrogens with one attached hydrogen (secondary N) is 2. The van der Waals surface area contributed by atoms with E-state index in [0.717, 1.165) is 25.2 Å². The summed E-state index contributed by atoms with van der Waals surface area (Å²) in [4.78, 5) is 34.1. The van der Waals surface area contributed by atoms with Crippen LogP contribution in [-0.2, 0) is 13.2 Å². The normalized spacial score (nSPS) is 14.4. The van der Waals surface area contributed by atoms with Crippen LogP contribution in [0.15, 0.2) is 24.4 Å². The van der Waals surface area contributed by atoms with Crippen molar-refractivity contribution in [2.24, 2.45) is 7.05 Å². The van der Waals surface area contributed by atoms with Crippen molar-refractivity contribution in [1.82, 2.24) is 25.0 Å². The zero-order valence-electron chi connectivity index (χ0n) is 19.7. The highest BCUT2D eigenvalue weighted by Crippen LogP contribution is 2.37. The van der Waals surface area contributed by atoms with E-state index in [-0.39, 0.29) is 23.7 Å². The third-order valence-corrected chi connectivity index (χ3v) is 5.85. The average molecular weight is 528 g/mol. The van der Waals surface area contributed by atoms with Gasteiger partial charge < -0.3 is 20.2 Å². The molecule has 4 rings (SSSR count). The Bertz CT molecular complexity index is 1300. The molecule has 3 N–H and O–H groups in total. The maximum Gasteiger partial charge on any atom is 0.420 e. The smallest absolute Gasteiger partial charge is 0.420 e. The number of aromatic hydroxyl groups is 1. The lowest BCUT2D eigenvalue weighted by atomic mass is 10.1. The molecule has 1 fully saturated rings. The maximum atomic E-state index is 13.1. The monoisotopic (exact) mass is 527 g/mol. The Labute approximate surface area is 210 Å². The van der Waals surface area contributed by atoms with Gasteiger partial charge in [0.15, 0.2) is 5.65 Å². The second-order valence-corrected chi connectivity index (χ2v) is 8.36. The van der Waals surface area contributed by atoms with Gasteiger partial charge in [-0.25, -0.2) is 9.78 Å². The molecule has 1 aromatic carbocycles. The molecule has 0 bridgehead atoms. The molecule has 3 heterocycles. The number of rotatable bonds is 3. The minimum atomic E-state index is -4.81. The second kappa shape index (κ2) is 10.2. The molecule has 194 valence electrons. The number of aromatic nitrogens is 3. The lowest BCUT2D eigenvalue weighted by Crippen LogP contribution is -2.45. The van der Waals surface area contributed by atoms with Crippen molar-refractivity contribution in [2.75, 3.05) is 43.4 Å². The molecule has 3 aromatic rings. The number of likely N-dealkylation sites (N-methyl/N-ethyl adjacent to an activating group) is 1. The largest absolute Gasteiger partial charge is 0.507 e. The zero-order chi connectivity index (χ0) is 25.5. The number of urea groups is 1. The molecule has 0 spiro atoms. The molecule has 10 nitrogen and oxygen atoms in total. The number of fused-ring (bicyclic) bond motifs is 1. The fourth-order valence-corrected chi connectivity index (χ4v) is 4.09. The van der Waals surface area contributed by atoms with Gasteiger partial charge in [0.05, 0.1) is 27.9 Å². The minimum Gasteiger partial charge on any atom is -0.507 e. The van der Waals surface area contributed by atoms with Crippen molar-refractivity contribution in [3.63, 3.8) is 0 Å². The molecule has 14 heteroatoms. The highest BCUT2D eigenvalue weighted by molar-refractivity contribution is 6.13. The molecular formula is C22H25ClF3N7O3. The van der Waals surface area contributed by atoms with Crippen LogP contribution >= 0.6 is 12.4 Å². The summed E-state index contributed by atoms with van der Waals surface area (Å²) >= 11 is 0. The van der Waals surface area contributed by atoms with Gasteiger partial charge in [-0.1, -0.05) is 0 Å². The lowest BCUT2D eigenvalue weighted by Gasteiger charge is -2.35. The standard InChI is InChI=1S/C22H24F3N7O3.ClH/c1-12-17-18(32-8-6-30(2)7-9-32)14(11-26-19(17)31(3)29-12)20(34)28-21(35)27-13-4-5-16(33)15(10-13)22(23,24)25;/h4-5,10-11,33H,6-9H2,1-3H3,(H2,27,28,34,35);1H. The van der Waals surface area contributed by atoms with Gasteiger partial charge in [-0.2, -0.15) is 18.3 Å². The number of benzene rings is 1. The molecule has 2 aromatic heterocycles. The van der Waals surface area contributed by atoms with E-state index in [1.165, 1.54) is 6.20 Å². The predicted octanol–water partition coefficient (Wildman–Crippen LogP) is 3.14. The fourth-order valence-electron chi connectivity index (χ4n) is 4.09. The first-order valence-corrected chi connectivity index (χ1v) is 10.7. The molecule has 0 unspecified atom stereocenters. The SMILES string of the molecule is Cc1nn(C)c2ncc(C(=O)NC(=O)Nc3ccc(O)c(C(F)(F)F)c3)c(N3CCN(C)CC3)c12.Cl. The van der Waals surface area contributed by atoms with Crippen LogP contribution in [0.4, 0.5) is 29.3 Å². The van der Waals surface area contributed by atoms with Crippen LogP contribution in [0.5, 0.6) is 5.75 Å². The summed E-state index contributed by atoms with van der Waals surface area (Å²) in [6, 6.07) is 1.47. The number of carbonyl (C=O) groups is 2. The first-order valence-electron chi connectivity index (χ1n) is 10.7. The molecule has 3 amide bonds. The summed E-state index contributed by atoms with van der Waals surface area (Å²) in [6.07, 6.45) is -3.45. The molecule has 0 atom stereocenters. The Morgan fingerprint density at radius 2 is 1.78 bits per heavy atom. The Hall–Kier alpha value is -3.58. The summed E-state index contributed by atoms with van der Waals surface area (Å²) in [5.74, 6) is -1.73. The summed E-state index contributed by atoms with van der Waals surface area (Å²) in [5, 5.41) is 18.9. The number of halogens is 4. The number of aryl methyl sites for hydroxylation is 2. The summed E-state index contributed by atoms with van der Waals surface area (Å²) < 4.78 is 40.7. The van der Waals surface area contributed by atoms with Crippen LogP contribution in [0.2, 0.25) is 0 Å². The Balaban J connectivity index is 0.00000361. The number of hydrogen-bond acceptors (Lipinski definition) is 7. The van der Waals surface area contributed by atoms with Gasteiger partial charge in [-0.3, -0.25) is 14.8 Å². The Kier molecular flexibility index (Phi) is 7.65. The minimum absolute atomic E-state index is 0. The van der Waals surface area contributed by atoms with Crippen molar-refractivity contribution >= 4 is 46.8 Å². The van der Waals surface area contributed by atoms with Crippen LogP contribution in [0.25, 0.3) is 11.0 Å². The van der Waals surface area contributed by atoms with Gasteiger partial charge in [0.2, 0.25) is 0 Å². The van der Waals surface area contributed by atoms with Crippen molar-refractivity contribution in [2.45, 2.75) is 13.1 Å². The molecule has 1 aliphatic rings. The number of amides is 3. The van der Waals surface area contributed by atoms with Gasteiger partial charge in [0, 0.05) is 45.1 Å². The zero-order valence-corrected chi connectivity index (χ0v) is 20.5. The van der Waals surface area contributed by atoms with E-state index in [2.05, 4.69) is 25.6 Å². The van der Waals surface area contributed by atoms with E-state index < -0.39 is 29.4 Å². The molecule has 1 saturated heterocycles. The summed E-state index contributed by atoms with van der Waals surface area (Å²) in [5.41, 5.74) is 0.461. The van der Waals surface area contributed by atoms with Crippen molar-refractivity contribution in [3.05, 3.63) is 41.2 Å². The lowest BCUT2D eigenvalue weighted by molar-refractivity contribution is -0.138. The highest BCUT2D eigenvalue weighted by atomic mass is 35.5. The number of pyridine rings is 1. The number of hydrogen-bond donors (Lipinski definition) is 3.